The lowest BCUT2D eigenvalue weighted by atomic mass is 9.77. The van der Waals surface area contributed by atoms with E-state index in [1.165, 1.54) is 54.4 Å². The van der Waals surface area contributed by atoms with Crippen LogP contribution in [0.5, 0.6) is 0 Å². The van der Waals surface area contributed by atoms with E-state index in [1.54, 1.807) is 0 Å². The van der Waals surface area contributed by atoms with Crippen LogP contribution in [0.15, 0.2) is 48.5 Å². The smallest absolute Gasteiger partial charge is 0.407 e. The highest BCUT2D eigenvalue weighted by atomic mass is 16.5. The first-order chi connectivity index (χ1) is 14.7. The van der Waals surface area contributed by atoms with Gasteiger partial charge >= 0.3 is 6.09 Å². The van der Waals surface area contributed by atoms with Crippen molar-refractivity contribution < 1.29 is 9.53 Å². The minimum absolute atomic E-state index is 0.122. The second-order valence-electron chi connectivity index (χ2n) is 9.28. The van der Waals surface area contributed by atoms with Crippen LogP contribution in [0.1, 0.15) is 55.6 Å². The van der Waals surface area contributed by atoms with Crippen LogP contribution in [0.3, 0.4) is 0 Å². The molecule has 5 rings (SSSR count). The molecular formula is C26H32N2O2. The molecule has 4 nitrogen and oxygen atoms in total. The number of piperidine rings is 2. The molecule has 0 spiro atoms. The molecule has 1 N–H and O–H groups in total. The molecule has 2 aromatic carbocycles. The highest BCUT2D eigenvalue weighted by Gasteiger charge is 2.35. The number of hydrogen-bond donors (Lipinski definition) is 1. The van der Waals surface area contributed by atoms with Crippen molar-refractivity contribution in [2.75, 3.05) is 20.2 Å². The standard InChI is InChI=1S/C26H32N2O2/c1-28-19-7-6-8-20(28)16-18(15-19)13-14-27-26(29)30-17-25-23-11-4-2-9-21(23)22-10-3-5-12-24(22)25/h2-5,9-12,18-20,25H,6-8,13-17H2,1H3,(H,27,29). The number of alkyl carbamates (subject to hydrolysis) is 1. The summed E-state index contributed by atoms with van der Waals surface area (Å²) in [7, 11) is 2.29. The van der Waals surface area contributed by atoms with E-state index in [1.807, 2.05) is 0 Å². The largest absolute Gasteiger partial charge is 0.449 e. The molecule has 1 aliphatic carbocycles. The van der Waals surface area contributed by atoms with E-state index in [0.29, 0.717) is 13.2 Å². The van der Waals surface area contributed by atoms with E-state index in [4.69, 9.17) is 4.74 Å². The van der Waals surface area contributed by atoms with E-state index >= 15 is 0 Å². The summed E-state index contributed by atoms with van der Waals surface area (Å²) in [5, 5.41) is 3.00. The highest BCUT2D eigenvalue weighted by Crippen LogP contribution is 2.44. The molecule has 3 aliphatic rings. The van der Waals surface area contributed by atoms with Crippen LogP contribution >= 0.6 is 0 Å². The Kier molecular flexibility index (Phi) is 5.51. The fourth-order valence-corrected chi connectivity index (χ4v) is 5.99. The predicted octanol–water partition coefficient (Wildman–Crippen LogP) is 5.18. The number of nitrogens with zero attached hydrogens (tertiary/aromatic N) is 1. The molecule has 2 saturated heterocycles. The molecule has 0 radical (unpaired) electrons. The van der Waals surface area contributed by atoms with Crippen LogP contribution in [0.2, 0.25) is 0 Å². The number of amides is 1. The maximum Gasteiger partial charge on any atom is 0.407 e. The SMILES string of the molecule is CN1C2CCCC1CC(CCNC(=O)OCC1c3ccccc3-c3ccccc31)C2. The predicted molar refractivity (Wildman–Crippen MR) is 120 cm³/mol. The first-order valence-electron chi connectivity index (χ1n) is 11.5. The van der Waals surface area contributed by atoms with Crippen LogP contribution in [-0.2, 0) is 4.74 Å². The van der Waals surface area contributed by atoms with Crippen molar-refractivity contribution in [2.45, 2.75) is 56.5 Å². The summed E-state index contributed by atoms with van der Waals surface area (Å²) in [6.07, 6.45) is 7.38. The summed E-state index contributed by atoms with van der Waals surface area (Å²) in [4.78, 5) is 15.0. The van der Waals surface area contributed by atoms with Crippen molar-refractivity contribution >= 4 is 6.09 Å². The molecule has 2 aliphatic heterocycles. The Morgan fingerprint density at radius 2 is 1.60 bits per heavy atom. The lowest BCUT2D eigenvalue weighted by Crippen LogP contribution is -2.50. The van der Waals surface area contributed by atoms with E-state index in [-0.39, 0.29) is 12.0 Å². The van der Waals surface area contributed by atoms with E-state index in [2.05, 4.69) is 65.8 Å². The molecule has 0 aromatic heterocycles. The minimum Gasteiger partial charge on any atom is -0.449 e. The summed E-state index contributed by atoms with van der Waals surface area (Å²) >= 11 is 0. The average molecular weight is 405 g/mol. The third-order valence-corrected chi connectivity index (χ3v) is 7.60. The molecule has 2 atom stereocenters. The molecule has 2 bridgehead atoms. The van der Waals surface area contributed by atoms with Gasteiger partial charge in [0.2, 0.25) is 0 Å². The van der Waals surface area contributed by atoms with E-state index in [9.17, 15) is 4.79 Å². The molecule has 1 amide bonds. The zero-order chi connectivity index (χ0) is 20.5. The second kappa shape index (κ2) is 8.43. The van der Waals surface area contributed by atoms with Gasteiger partial charge in [0.05, 0.1) is 0 Å². The summed E-state index contributed by atoms with van der Waals surface area (Å²) in [5.74, 6) is 0.849. The first kappa shape index (κ1) is 19.6. The maximum absolute atomic E-state index is 12.4. The Balaban J connectivity index is 1.12. The van der Waals surface area contributed by atoms with Crippen molar-refractivity contribution in [1.29, 1.82) is 0 Å². The molecule has 4 heteroatoms. The Bertz CT molecular complexity index is 852. The summed E-state index contributed by atoms with van der Waals surface area (Å²) in [6.45, 7) is 1.10. The van der Waals surface area contributed by atoms with Gasteiger partial charge in [0.1, 0.15) is 6.61 Å². The van der Waals surface area contributed by atoms with Crippen molar-refractivity contribution in [1.82, 2.24) is 10.2 Å². The minimum atomic E-state index is -0.287. The first-order valence-corrected chi connectivity index (χ1v) is 11.5. The normalized spacial score (nSPS) is 25.4. The zero-order valence-electron chi connectivity index (χ0n) is 17.8. The summed E-state index contributed by atoms with van der Waals surface area (Å²) in [5.41, 5.74) is 5.03. The number of benzene rings is 2. The van der Waals surface area contributed by atoms with Gasteiger partial charge in [0.15, 0.2) is 0 Å². The Hall–Kier alpha value is -2.33. The van der Waals surface area contributed by atoms with Gasteiger partial charge in [-0.05, 0) is 67.3 Å². The van der Waals surface area contributed by atoms with Gasteiger partial charge < -0.3 is 15.0 Å². The van der Waals surface area contributed by atoms with Crippen LogP contribution in [0, 0.1) is 5.92 Å². The Morgan fingerprint density at radius 1 is 1.00 bits per heavy atom. The van der Waals surface area contributed by atoms with Crippen molar-refractivity contribution in [3.05, 3.63) is 59.7 Å². The molecule has 0 saturated carbocycles. The van der Waals surface area contributed by atoms with Gasteiger partial charge in [-0.2, -0.15) is 0 Å². The van der Waals surface area contributed by atoms with Crippen LogP contribution in [0.4, 0.5) is 4.79 Å². The summed E-state index contributed by atoms with van der Waals surface area (Å²) < 4.78 is 5.66. The van der Waals surface area contributed by atoms with Crippen LogP contribution < -0.4 is 5.32 Å². The fraction of sp³-hybridized carbons (Fsp3) is 0.500. The van der Waals surface area contributed by atoms with Gasteiger partial charge in [0.25, 0.3) is 0 Å². The number of nitrogens with one attached hydrogen (secondary N) is 1. The van der Waals surface area contributed by atoms with Crippen molar-refractivity contribution in [3.63, 3.8) is 0 Å². The van der Waals surface area contributed by atoms with Crippen molar-refractivity contribution in [3.8, 4) is 11.1 Å². The van der Waals surface area contributed by atoms with Gasteiger partial charge in [-0.3, -0.25) is 0 Å². The van der Waals surface area contributed by atoms with Gasteiger partial charge in [-0.25, -0.2) is 4.79 Å². The second-order valence-corrected chi connectivity index (χ2v) is 9.28. The molecule has 30 heavy (non-hydrogen) atoms. The highest BCUT2D eigenvalue weighted by molar-refractivity contribution is 5.79. The van der Waals surface area contributed by atoms with Gasteiger partial charge in [0, 0.05) is 24.5 Å². The number of carbonyl (C=O) groups excluding carboxylic acids is 1. The molecule has 2 fully saturated rings. The molecule has 2 heterocycles. The number of rotatable bonds is 5. The number of fused-ring (bicyclic) bond motifs is 5. The maximum atomic E-state index is 12.4. The van der Waals surface area contributed by atoms with Crippen LogP contribution in [-0.4, -0.2) is 43.3 Å². The number of hydrogen-bond acceptors (Lipinski definition) is 3. The quantitative estimate of drug-likeness (QED) is 0.747. The van der Waals surface area contributed by atoms with Crippen molar-refractivity contribution in [2.24, 2.45) is 5.92 Å². The van der Waals surface area contributed by atoms with Gasteiger partial charge in [-0.1, -0.05) is 55.0 Å². The average Bonchev–Trinajstić information content (AvgIpc) is 3.07. The van der Waals surface area contributed by atoms with E-state index in [0.717, 1.165) is 24.4 Å². The zero-order valence-corrected chi connectivity index (χ0v) is 17.8. The molecule has 2 aromatic rings. The molecular weight excluding hydrogens is 372 g/mol. The third kappa shape index (κ3) is 3.74. The third-order valence-electron chi connectivity index (χ3n) is 7.60. The topological polar surface area (TPSA) is 41.6 Å². The summed E-state index contributed by atoms with van der Waals surface area (Å²) in [6, 6.07) is 18.4. The molecule has 158 valence electrons. The Labute approximate surface area is 179 Å². The number of ether oxygens (including phenoxy) is 1. The van der Waals surface area contributed by atoms with Gasteiger partial charge in [-0.15, -0.1) is 0 Å². The number of carbonyl (C=O) groups is 1. The fourth-order valence-electron chi connectivity index (χ4n) is 5.99. The molecule has 2 unspecified atom stereocenters. The Morgan fingerprint density at radius 3 is 2.23 bits per heavy atom. The lowest BCUT2D eigenvalue weighted by Gasteiger charge is -2.47. The monoisotopic (exact) mass is 404 g/mol. The lowest BCUT2D eigenvalue weighted by molar-refractivity contribution is 0.0342. The van der Waals surface area contributed by atoms with Crippen LogP contribution in [0.25, 0.3) is 11.1 Å². The van der Waals surface area contributed by atoms with E-state index < -0.39 is 0 Å².